The van der Waals surface area contributed by atoms with Crippen LogP contribution in [0.4, 0.5) is 0 Å². The van der Waals surface area contributed by atoms with Crippen LogP contribution < -0.4 is 0 Å². The van der Waals surface area contributed by atoms with E-state index in [2.05, 4.69) is 4.98 Å². The Morgan fingerprint density at radius 2 is 2.31 bits per heavy atom. The Morgan fingerprint density at radius 3 is 2.94 bits per heavy atom. The average molecular weight is 238 g/mol. The molecule has 1 atom stereocenters. The van der Waals surface area contributed by atoms with Crippen LogP contribution in [-0.4, -0.2) is 44.5 Å². The van der Waals surface area contributed by atoms with Gasteiger partial charge in [-0.25, -0.2) is 4.79 Å². The molecule has 0 spiro atoms. The Morgan fingerprint density at radius 1 is 1.50 bits per heavy atom. The second-order valence-electron chi connectivity index (χ2n) is 3.34. The van der Waals surface area contributed by atoms with Crippen LogP contribution in [-0.2, 0) is 4.79 Å². The number of carbonyl (C=O) groups excluding carboxylic acids is 1. The molecule has 1 aliphatic rings. The number of carbonyl (C=O) groups is 2. The fourth-order valence-corrected chi connectivity index (χ4v) is 2.63. The number of carboxylic acids is 1. The van der Waals surface area contributed by atoms with Crippen LogP contribution in [0.25, 0.3) is 0 Å². The van der Waals surface area contributed by atoms with Crippen molar-refractivity contribution in [3.8, 4) is 0 Å². The van der Waals surface area contributed by atoms with Crippen LogP contribution in [0, 0.1) is 0 Å². The maximum atomic E-state index is 11.9. The van der Waals surface area contributed by atoms with Crippen LogP contribution in [0.3, 0.4) is 0 Å². The number of aromatic nitrogens is 1. The van der Waals surface area contributed by atoms with E-state index in [0.717, 1.165) is 0 Å². The van der Waals surface area contributed by atoms with Crippen molar-refractivity contribution in [1.29, 1.82) is 0 Å². The summed E-state index contributed by atoms with van der Waals surface area (Å²) in [7, 11) is 0. The molecule has 0 aromatic carbocycles. The van der Waals surface area contributed by atoms with Gasteiger partial charge in [0, 0.05) is 11.9 Å². The Balaban J connectivity index is 2.19. The highest BCUT2D eigenvalue weighted by Gasteiger charge is 2.35. The molecule has 6 heteroatoms. The molecule has 84 valence electrons. The van der Waals surface area contributed by atoms with Crippen molar-refractivity contribution in [1.82, 2.24) is 9.88 Å². The van der Waals surface area contributed by atoms with Crippen molar-refractivity contribution in [3.63, 3.8) is 0 Å². The molecule has 0 bridgehead atoms. The van der Waals surface area contributed by atoms with Crippen molar-refractivity contribution in [2.45, 2.75) is 6.04 Å². The van der Waals surface area contributed by atoms with Gasteiger partial charge >= 0.3 is 5.97 Å². The number of pyridine rings is 1. The summed E-state index contributed by atoms with van der Waals surface area (Å²) in [5.74, 6) is -0.437. The molecule has 1 aromatic rings. The maximum absolute atomic E-state index is 11.9. The van der Waals surface area contributed by atoms with E-state index in [1.807, 2.05) is 0 Å². The lowest BCUT2D eigenvalue weighted by Gasteiger charge is -2.19. The first kappa shape index (κ1) is 10.9. The minimum absolute atomic E-state index is 0.288. The van der Waals surface area contributed by atoms with E-state index in [1.54, 1.807) is 18.2 Å². The van der Waals surface area contributed by atoms with E-state index in [9.17, 15) is 9.59 Å². The van der Waals surface area contributed by atoms with Gasteiger partial charge in [-0.15, -0.1) is 11.8 Å². The summed E-state index contributed by atoms with van der Waals surface area (Å²) in [6, 6.07) is 4.27. The fraction of sp³-hybridized carbons (Fsp3) is 0.300. The largest absolute Gasteiger partial charge is 0.480 e. The highest BCUT2D eigenvalue weighted by atomic mass is 32.2. The third kappa shape index (κ3) is 2.01. The van der Waals surface area contributed by atoms with Crippen molar-refractivity contribution < 1.29 is 14.7 Å². The number of hydrogen-bond acceptors (Lipinski definition) is 4. The first-order valence-electron chi connectivity index (χ1n) is 4.72. The molecule has 1 saturated heterocycles. The summed E-state index contributed by atoms with van der Waals surface area (Å²) < 4.78 is 0. The highest BCUT2D eigenvalue weighted by Crippen LogP contribution is 2.22. The van der Waals surface area contributed by atoms with Gasteiger partial charge in [0.05, 0.1) is 5.88 Å². The van der Waals surface area contributed by atoms with E-state index in [-0.39, 0.29) is 11.6 Å². The molecule has 1 N–H and O–H groups in total. The van der Waals surface area contributed by atoms with Crippen molar-refractivity contribution in [2.75, 3.05) is 11.6 Å². The number of aliphatic carboxylic acids is 1. The molecule has 16 heavy (non-hydrogen) atoms. The van der Waals surface area contributed by atoms with E-state index >= 15 is 0 Å². The van der Waals surface area contributed by atoms with Crippen molar-refractivity contribution in [2.24, 2.45) is 0 Å². The van der Waals surface area contributed by atoms with Gasteiger partial charge in [0.1, 0.15) is 11.7 Å². The molecule has 0 aliphatic carbocycles. The summed E-state index contributed by atoms with van der Waals surface area (Å²) in [5, 5.41) is 8.95. The zero-order chi connectivity index (χ0) is 11.5. The van der Waals surface area contributed by atoms with Crippen LogP contribution >= 0.6 is 11.8 Å². The summed E-state index contributed by atoms with van der Waals surface area (Å²) in [6.45, 7) is 0. The van der Waals surface area contributed by atoms with Gasteiger partial charge in [0.15, 0.2) is 0 Å². The summed E-state index contributed by atoms with van der Waals surface area (Å²) >= 11 is 1.44. The minimum atomic E-state index is -0.964. The molecule has 1 fully saturated rings. The van der Waals surface area contributed by atoms with Crippen LogP contribution in [0.5, 0.6) is 0 Å². The van der Waals surface area contributed by atoms with Crippen molar-refractivity contribution >= 4 is 23.6 Å². The zero-order valence-electron chi connectivity index (χ0n) is 8.37. The van der Waals surface area contributed by atoms with E-state index in [4.69, 9.17) is 5.11 Å². The summed E-state index contributed by atoms with van der Waals surface area (Å²) in [4.78, 5) is 28.1. The number of nitrogens with zero attached hydrogens (tertiary/aromatic N) is 2. The highest BCUT2D eigenvalue weighted by molar-refractivity contribution is 7.99. The lowest BCUT2D eigenvalue weighted by molar-refractivity contribution is -0.140. The van der Waals surface area contributed by atoms with Crippen molar-refractivity contribution in [3.05, 3.63) is 30.1 Å². The molecule has 1 aromatic heterocycles. The predicted octanol–water partition coefficient (Wildman–Crippen LogP) is 0.681. The Bertz CT molecular complexity index is 410. The third-order valence-electron chi connectivity index (χ3n) is 2.31. The molecule has 0 saturated carbocycles. The van der Waals surface area contributed by atoms with E-state index < -0.39 is 12.0 Å². The van der Waals surface area contributed by atoms with Gasteiger partial charge < -0.3 is 10.0 Å². The third-order valence-corrected chi connectivity index (χ3v) is 3.32. The summed E-state index contributed by atoms with van der Waals surface area (Å²) in [5.41, 5.74) is 0.288. The van der Waals surface area contributed by atoms with Gasteiger partial charge in [-0.2, -0.15) is 0 Å². The lowest BCUT2D eigenvalue weighted by Crippen LogP contribution is -2.42. The molecule has 1 aliphatic heterocycles. The number of carboxylic acid groups (broad SMARTS) is 1. The monoisotopic (exact) mass is 238 g/mol. The molecule has 5 nitrogen and oxygen atoms in total. The number of hydrogen-bond donors (Lipinski definition) is 1. The van der Waals surface area contributed by atoms with Gasteiger partial charge in [0.25, 0.3) is 5.91 Å². The van der Waals surface area contributed by atoms with Crippen LogP contribution in [0.2, 0.25) is 0 Å². The fourth-order valence-electron chi connectivity index (χ4n) is 1.48. The molecular weight excluding hydrogens is 228 g/mol. The molecule has 2 rings (SSSR count). The van der Waals surface area contributed by atoms with Gasteiger partial charge in [0.2, 0.25) is 0 Å². The number of amides is 1. The lowest BCUT2D eigenvalue weighted by atomic mass is 10.2. The second-order valence-corrected chi connectivity index (χ2v) is 4.34. The van der Waals surface area contributed by atoms with E-state index in [1.165, 1.54) is 22.9 Å². The Labute approximate surface area is 96.5 Å². The Kier molecular flexibility index (Phi) is 3.09. The molecule has 2 heterocycles. The standard InChI is InChI=1S/C10H10N2O3S/c13-9(7-3-1-2-4-11-7)12-6-16-5-8(12)10(14)15/h1-4,8H,5-6H2,(H,14,15). The molecule has 1 unspecified atom stereocenters. The molecule has 1 amide bonds. The van der Waals surface area contributed by atoms with Gasteiger partial charge in [-0.05, 0) is 12.1 Å². The van der Waals surface area contributed by atoms with Crippen LogP contribution in [0.1, 0.15) is 10.5 Å². The topological polar surface area (TPSA) is 70.5 Å². The SMILES string of the molecule is O=C(O)C1CSCN1C(=O)c1ccccn1. The first-order valence-corrected chi connectivity index (χ1v) is 5.88. The quantitative estimate of drug-likeness (QED) is 0.820. The normalized spacial score (nSPS) is 19.8. The smallest absolute Gasteiger partial charge is 0.327 e. The average Bonchev–Trinajstić information content (AvgIpc) is 2.78. The molecular formula is C10H10N2O3S. The first-order chi connectivity index (χ1) is 7.70. The zero-order valence-corrected chi connectivity index (χ0v) is 9.18. The second kappa shape index (κ2) is 4.52. The Hall–Kier alpha value is -1.56. The summed E-state index contributed by atoms with van der Waals surface area (Å²) in [6.07, 6.45) is 1.52. The molecule has 0 radical (unpaired) electrons. The van der Waals surface area contributed by atoms with Crippen LogP contribution in [0.15, 0.2) is 24.4 Å². The van der Waals surface area contributed by atoms with E-state index in [0.29, 0.717) is 11.6 Å². The predicted molar refractivity (Wildman–Crippen MR) is 59.2 cm³/mol. The maximum Gasteiger partial charge on any atom is 0.327 e. The number of rotatable bonds is 2. The van der Waals surface area contributed by atoms with Gasteiger partial charge in [-0.3, -0.25) is 9.78 Å². The van der Waals surface area contributed by atoms with Gasteiger partial charge in [-0.1, -0.05) is 6.07 Å². The number of thioether (sulfide) groups is 1. The minimum Gasteiger partial charge on any atom is -0.480 e.